The molecule has 0 atom stereocenters. The minimum Gasteiger partial charge on any atom is -0.338 e. The van der Waals surface area contributed by atoms with E-state index in [0.717, 1.165) is 16.6 Å². The number of benzene rings is 2. The van der Waals surface area contributed by atoms with E-state index < -0.39 is 9.84 Å². The van der Waals surface area contributed by atoms with Crippen LogP contribution >= 0.6 is 0 Å². The van der Waals surface area contributed by atoms with E-state index in [0.29, 0.717) is 11.4 Å². The lowest BCUT2D eigenvalue weighted by Crippen LogP contribution is -2.00. The minimum atomic E-state index is -3.29. The number of nitrogens with zero attached hydrogens (tertiary/aromatic N) is 1. The number of imidazole rings is 1. The first kappa shape index (κ1) is 12.9. The van der Waals surface area contributed by atoms with Gasteiger partial charge >= 0.3 is 0 Å². The molecule has 0 radical (unpaired) electrons. The molecule has 0 bridgehead atoms. The summed E-state index contributed by atoms with van der Waals surface area (Å²) in [5.41, 5.74) is 3.46. The van der Waals surface area contributed by atoms with Gasteiger partial charge in [-0.2, -0.15) is 0 Å². The van der Waals surface area contributed by atoms with Crippen LogP contribution in [0.1, 0.15) is 5.56 Å². The van der Waals surface area contributed by atoms with Crippen molar-refractivity contribution in [3.63, 3.8) is 0 Å². The first-order chi connectivity index (χ1) is 9.45. The van der Waals surface area contributed by atoms with Gasteiger partial charge in [0.25, 0.3) is 0 Å². The highest BCUT2D eigenvalue weighted by Gasteiger charge is 2.16. The highest BCUT2D eigenvalue weighted by molar-refractivity contribution is 7.90. The third kappa shape index (κ3) is 2.20. The Labute approximate surface area is 117 Å². The molecule has 1 heterocycles. The molecule has 0 spiro atoms. The Morgan fingerprint density at radius 2 is 1.85 bits per heavy atom. The number of sulfone groups is 1. The zero-order valence-corrected chi connectivity index (χ0v) is 12.0. The molecule has 5 heteroatoms. The van der Waals surface area contributed by atoms with Crippen LogP contribution in [0.2, 0.25) is 0 Å². The van der Waals surface area contributed by atoms with Crippen LogP contribution in [0, 0.1) is 6.92 Å². The molecular weight excluding hydrogens is 272 g/mol. The van der Waals surface area contributed by atoms with Crippen molar-refractivity contribution in [1.82, 2.24) is 9.97 Å². The minimum absolute atomic E-state index is 0.288. The van der Waals surface area contributed by atoms with E-state index >= 15 is 0 Å². The molecule has 3 rings (SSSR count). The van der Waals surface area contributed by atoms with E-state index in [2.05, 4.69) is 9.97 Å². The van der Waals surface area contributed by atoms with Crippen LogP contribution in [-0.2, 0) is 9.84 Å². The van der Waals surface area contributed by atoms with Gasteiger partial charge in [0.1, 0.15) is 5.82 Å². The summed E-state index contributed by atoms with van der Waals surface area (Å²) in [6.45, 7) is 2.00. The quantitative estimate of drug-likeness (QED) is 0.787. The van der Waals surface area contributed by atoms with E-state index in [9.17, 15) is 8.42 Å². The average Bonchev–Trinajstić information content (AvgIpc) is 2.80. The number of aromatic amines is 1. The second-order valence-corrected chi connectivity index (χ2v) is 6.86. The molecule has 20 heavy (non-hydrogen) atoms. The van der Waals surface area contributed by atoms with Gasteiger partial charge in [0, 0.05) is 11.8 Å². The number of nitrogens with one attached hydrogen (secondary N) is 1. The lowest BCUT2D eigenvalue weighted by molar-refractivity contribution is 0.602. The van der Waals surface area contributed by atoms with Crippen molar-refractivity contribution in [1.29, 1.82) is 0 Å². The molecule has 1 aromatic heterocycles. The molecule has 2 aromatic carbocycles. The molecule has 102 valence electrons. The summed E-state index contributed by atoms with van der Waals surface area (Å²) < 4.78 is 23.7. The SMILES string of the molecule is Cc1ccc2nc(-c3ccccc3S(C)(=O)=O)[nH]c2c1. The van der Waals surface area contributed by atoms with E-state index in [1.807, 2.05) is 31.2 Å². The Morgan fingerprint density at radius 1 is 1.10 bits per heavy atom. The molecule has 0 aliphatic heterocycles. The number of hydrogen-bond donors (Lipinski definition) is 1. The summed E-state index contributed by atoms with van der Waals surface area (Å²) in [6.07, 6.45) is 1.21. The summed E-state index contributed by atoms with van der Waals surface area (Å²) in [7, 11) is -3.29. The highest BCUT2D eigenvalue weighted by atomic mass is 32.2. The number of aryl methyl sites for hydroxylation is 1. The van der Waals surface area contributed by atoms with Crippen molar-refractivity contribution in [3.05, 3.63) is 48.0 Å². The van der Waals surface area contributed by atoms with Crippen molar-refractivity contribution >= 4 is 20.9 Å². The number of fused-ring (bicyclic) bond motifs is 1. The van der Waals surface area contributed by atoms with Crippen LogP contribution in [0.25, 0.3) is 22.4 Å². The van der Waals surface area contributed by atoms with Gasteiger partial charge in [0.05, 0.1) is 15.9 Å². The molecule has 1 N–H and O–H groups in total. The smallest absolute Gasteiger partial charge is 0.176 e. The molecule has 0 saturated carbocycles. The van der Waals surface area contributed by atoms with Crippen molar-refractivity contribution in [2.24, 2.45) is 0 Å². The Kier molecular flexibility index (Phi) is 2.87. The van der Waals surface area contributed by atoms with Crippen LogP contribution in [0.5, 0.6) is 0 Å². The molecule has 0 aliphatic rings. The van der Waals surface area contributed by atoms with Crippen LogP contribution in [0.3, 0.4) is 0 Å². The first-order valence-corrected chi connectivity index (χ1v) is 8.10. The van der Waals surface area contributed by atoms with Crippen molar-refractivity contribution in [2.75, 3.05) is 6.26 Å². The predicted molar refractivity (Wildman–Crippen MR) is 79.4 cm³/mol. The fourth-order valence-electron chi connectivity index (χ4n) is 2.24. The molecule has 4 nitrogen and oxygen atoms in total. The standard InChI is InChI=1S/C15H14N2O2S/c1-10-7-8-12-13(9-10)17-15(16-12)11-5-3-4-6-14(11)20(2,18)19/h3-9H,1-2H3,(H,16,17). The number of hydrogen-bond acceptors (Lipinski definition) is 3. The zero-order chi connectivity index (χ0) is 14.3. The van der Waals surface area contributed by atoms with Gasteiger partial charge in [-0.1, -0.05) is 18.2 Å². The first-order valence-electron chi connectivity index (χ1n) is 6.21. The lowest BCUT2D eigenvalue weighted by atomic mass is 10.2. The fraction of sp³-hybridized carbons (Fsp3) is 0.133. The fourth-order valence-corrected chi connectivity index (χ4v) is 3.13. The molecule has 3 aromatic rings. The van der Waals surface area contributed by atoms with Crippen LogP contribution < -0.4 is 0 Å². The Bertz CT molecular complexity index is 895. The van der Waals surface area contributed by atoms with Crippen molar-refractivity contribution in [3.8, 4) is 11.4 Å². The number of aromatic nitrogens is 2. The summed E-state index contributed by atoms with van der Waals surface area (Å²) in [5, 5.41) is 0. The lowest BCUT2D eigenvalue weighted by Gasteiger charge is -2.04. The number of rotatable bonds is 2. The third-order valence-corrected chi connectivity index (χ3v) is 4.33. The number of H-pyrrole nitrogens is 1. The molecule has 0 amide bonds. The maximum Gasteiger partial charge on any atom is 0.176 e. The van der Waals surface area contributed by atoms with Crippen LogP contribution in [-0.4, -0.2) is 24.6 Å². The van der Waals surface area contributed by atoms with Crippen molar-refractivity contribution < 1.29 is 8.42 Å². The largest absolute Gasteiger partial charge is 0.338 e. The molecule has 0 unspecified atom stereocenters. The summed E-state index contributed by atoms with van der Waals surface area (Å²) in [4.78, 5) is 7.96. The monoisotopic (exact) mass is 286 g/mol. The Morgan fingerprint density at radius 3 is 2.60 bits per heavy atom. The Hall–Kier alpha value is -2.14. The van der Waals surface area contributed by atoms with Gasteiger partial charge in [-0.05, 0) is 36.8 Å². The maximum absolute atomic E-state index is 11.9. The Balaban J connectivity index is 2.26. The van der Waals surface area contributed by atoms with Gasteiger partial charge in [0.2, 0.25) is 0 Å². The maximum atomic E-state index is 11.9. The van der Waals surface area contributed by atoms with E-state index in [1.54, 1.807) is 18.2 Å². The van der Waals surface area contributed by atoms with Gasteiger partial charge < -0.3 is 4.98 Å². The highest BCUT2D eigenvalue weighted by Crippen LogP contribution is 2.27. The second kappa shape index (κ2) is 4.45. The normalized spacial score (nSPS) is 11.9. The average molecular weight is 286 g/mol. The molecule has 0 fully saturated rings. The van der Waals surface area contributed by atoms with Crippen LogP contribution in [0.4, 0.5) is 0 Å². The second-order valence-electron chi connectivity index (χ2n) is 4.87. The molecule has 0 aliphatic carbocycles. The predicted octanol–water partition coefficient (Wildman–Crippen LogP) is 2.94. The van der Waals surface area contributed by atoms with Gasteiger partial charge in [0.15, 0.2) is 9.84 Å². The van der Waals surface area contributed by atoms with Gasteiger partial charge in [-0.3, -0.25) is 0 Å². The summed E-state index contributed by atoms with van der Waals surface area (Å²) in [5.74, 6) is 0.576. The van der Waals surface area contributed by atoms with Crippen molar-refractivity contribution in [2.45, 2.75) is 11.8 Å². The van der Waals surface area contributed by atoms with E-state index in [1.165, 1.54) is 6.26 Å². The summed E-state index contributed by atoms with van der Waals surface area (Å²) in [6, 6.07) is 12.8. The summed E-state index contributed by atoms with van der Waals surface area (Å²) >= 11 is 0. The van der Waals surface area contributed by atoms with E-state index in [4.69, 9.17) is 0 Å². The molecular formula is C15H14N2O2S. The zero-order valence-electron chi connectivity index (χ0n) is 11.2. The topological polar surface area (TPSA) is 62.8 Å². The molecule has 0 saturated heterocycles. The third-order valence-electron chi connectivity index (χ3n) is 3.18. The van der Waals surface area contributed by atoms with Gasteiger partial charge in [-0.25, -0.2) is 13.4 Å². The van der Waals surface area contributed by atoms with Crippen LogP contribution in [0.15, 0.2) is 47.4 Å². The van der Waals surface area contributed by atoms with Gasteiger partial charge in [-0.15, -0.1) is 0 Å². The van der Waals surface area contributed by atoms with E-state index in [-0.39, 0.29) is 4.90 Å².